The van der Waals surface area contributed by atoms with E-state index in [1.54, 1.807) is 0 Å². The molecule has 0 unspecified atom stereocenters. The Kier molecular flexibility index (Phi) is 7.44. The number of ether oxygens (including phenoxy) is 1. The molecule has 76 valence electrons. The number of halogens is 1. The second-order valence-corrected chi connectivity index (χ2v) is 4.70. The number of methoxy groups -OCH3 is 1. The van der Waals surface area contributed by atoms with Gasteiger partial charge in [0.05, 0.1) is 0 Å². The average molecular weight is 270 g/mol. The minimum atomic E-state index is -0.274. The van der Waals surface area contributed by atoms with E-state index in [4.69, 9.17) is 11.6 Å². The summed E-state index contributed by atoms with van der Waals surface area (Å²) in [5, 5.41) is 0.677. The molecular formula is C9H15ClO2Se. The Morgan fingerprint density at radius 2 is 2.15 bits per heavy atom. The van der Waals surface area contributed by atoms with Crippen molar-refractivity contribution in [2.45, 2.75) is 32.0 Å². The molecule has 0 atom stereocenters. The summed E-state index contributed by atoms with van der Waals surface area (Å²) in [6.07, 6.45) is 2.90. The number of allylic oxidation sites excluding steroid dienone is 1. The monoisotopic (exact) mass is 270 g/mol. The average Bonchev–Trinajstić information content (AvgIpc) is 2.15. The molecule has 0 aromatic rings. The fraction of sp³-hybridized carbons (Fsp3) is 0.667. The molecule has 2 nitrogen and oxygen atoms in total. The summed E-state index contributed by atoms with van der Waals surface area (Å²) in [6, 6.07) is 0. The van der Waals surface area contributed by atoms with Gasteiger partial charge in [-0.2, -0.15) is 0 Å². The summed E-state index contributed by atoms with van der Waals surface area (Å²) in [5.74, 6) is 1.69. The normalized spacial score (nSPS) is 12.3. The van der Waals surface area contributed by atoms with E-state index in [1.165, 1.54) is 7.11 Å². The number of hydrogen-bond donors (Lipinski definition) is 0. The van der Waals surface area contributed by atoms with E-state index in [1.807, 2.05) is 5.82 Å². The topological polar surface area (TPSA) is 26.3 Å². The van der Waals surface area contributed by atoms with Crippen molar-refractivity contribution in [1.29, 1.82) is 0 Å². The second kappa shape index (κ2) is 7.43. The zero-order valence-electron chi connectivity index (χ0n) is 8.22. The summed E-state index contributed by atoms with van der Waals surface area (Å²) in [4.78, 5) is 11.2. The zero-order chi connectivity index (χ0) is 10.3. The third kappa shape index (κ3) is 4.70. The number of hydrogen-bond acceptors (Lipinski definition) is 2. The van der Waals surface area contributed by atoms with Crippen LogP contribution < -0.4 is 0 Å². The van der Waals surface area contributed by atoms with Crippen LogP contribution in [0.5, 0.6) is 0 Å². The summed E-state index contributed by atoms with van der Waals surface area (Å²) in [5.41, 5.74) is 0. The van der Waals surface area contributed by atoms with Gasteiger partial charge < -0.3 is 0 Å². The van der Waals surface area contributed by atoms with Crippen molar-refractivity contribution in [3.8, 4) is 0 Å². The summed E-state index contributed by atoms with van der Waals surface area (Å²) in [6.45, 7) is 2.10. The molecule has 0 saturated carbocycles. The van der Waals surface area contributed by atoms with Gasteiger partial charge in [-0.05, 0) is 0 Å². The van der Waals surface area contributed by atoms with Gasteiger partial charge in [-0.15, -0.1) is 0 Å². The van der Waals surface area contributed by atoms with Crippen molar-refractivity contribution in [3.05, 3.63) is 9.50 Å². The van der Waals surface area contributed by atoms with Gasteiger partial charge in [-0.1, -0.05) is 0 Å². The zero-order valence-corrected chi connectivity index (χ0v) is 10.7. The van der Waals surface area contributed by atoms with Crippen LogP contribution in [0.4, 0.5) is 0 Å². The molecule has 0 fully saturated rings. The van der Waals surface area contributed by atoms with Gasteiger partial charge in [0.2, 0.25) is 0 Å². The Labute approximate surface area is 90.8 Å². The predicted molar refractivity (Wildman–Crippen MR) is 56.0 cm³/mol. The van der Waals surface area contributed by atoms with E-state index in [-0.39, 0.29) is 20.9 Å². The van der Waals surface area contributed by atoms with Crippen LogP contribution in [0, 0.1) is 0 Å². The van der Waals surface area contributed by atoms with Crippen molar-refractivity contribution in [2.24, 2.45) is 0 Å². The molecule has 0 aliphatic rings. The molecule has 0 N–H and O–H groups in total. The van der Waals surface area contributed by atoms with Crippen LogP contribution in [0.2, 0.25) is 5.82 Å². The van der Waals surface area contributed by atoms with Crippen LogP contribution in [0.15, 0.2) is 9.50 Å². The molecule has 0 aromatic carbocycles. The van der Waals surface area contributed by atoms with Crippen LogP contribution in [0.1, 0.15) is 26.2 Å². The van der Waals surface area contributed by atoms with Crippen LogP contribution in [0.25, 0.3) is 0 Å². The SMILES string of the molecule is CCCC/C(Cl)=C(/[Se]C)C(=O)OC. The maximum absolute atomic E-state index is 11.2. The van der Waals surface area contributed by atoms with E-state index in [0.717, 1.165) is 19.3 Å². The van der Waals surface area contributed by atoms with Crippen LogP contribution in [-0.2, 0) is 9.53 Å². The van der Waals surface area contributed by atoms with Crippen LogP contribution >= 0.6 is 11.6 Å². The van der Waals surface area contributed by atoms with Gasteiger partial charge >= 0.3 is 90.7 Å². The van der Waals surface area contributed by atoms with Crippen molar-refractivity contribution in [1.82, 2.24) is 0 Å². The van der Waals surface area contributed by atoms with E-state index >= 15 is 0 Å². The van der Waals surface area contributed by atoms with Crippen LogP contribution in [0.3, 0.4) is 0 Å². The summed E-state index contributed by atoms with van der Waals surface area (Å²) in [7, 11) is 1.39. The molecule has 0 radical (unpaired) electrons. The number of carbonyl (C=O) groups excluding carboxylic acids is 1. The Morgan fingerprint density at radius 1 is 1.54 bits per heavy atom. The number of rotatable bonds is 5. The summed E-state index contributed by atoms with van der Waals surface area (Å²) >= 11 is 6.10. The Bertz CT molecular complexity index is 202. The Balaban J connectivity index is 4.39. The van der Waals surface area contributed by atoms with E-state index < -0.39 is 0 Å². The number of carbonyl (C=O) groups is 1. The van der Waals surface area contributed by atoms with Gasteiger partial charge in [-0.3, -0.25) is 0 Å². The van der Waals surface area contributed by atoms with Crippen molar-refractivity contribution in [2.75, 3.05) is 7.11 Å². The first-order valence-corrected chi connectivity index (χ1v) is 7.13. The molecule has 0 heterocycles. The minimum absolute atomic E-state index is 0.109. The molecule has 0 aromatic heterocycles. The van der Waals surface area contributed by atoms with Gasteiger partial charge in [0, 0.05) is 0 Å². The van der Waals surface area contributed by atoms with Gasteiger partial charge in [0.25, 0.3) is 0 Å². The van der Waals surface area contributed by atoms with Crippen molar-refractivity contribution >= 4 is 32.5 Å². The molecule has 0 bridgehead atoms. The fourth-order valence-corrected chi connectivity index (χ4v) is 2.66. The maximum atomic E-state index is 11.2. The number of esters is 1. The van der Waals surface area contributed by atoms with Gasteiger partial charge in [-0.25, -0.2) is 0 Å². The molecule has 0 rings (SSSR count). The van der Waals surface area contributed by atoms with E-state index in [9.17, 15) is 4.79 Å². The predicted octanol–water partition coefficient (Wildman–Crippen LogP) is 2.55. The summed E-state index contributed by atoms with van der Waals surface area (Å²) < 4.78 is 5.31. The first-order valence-electron chi connectivity index (χ1n) is 4.18. The Hall–Kier alpha value is 0.0195. The molecular weight excluding hydrogens is 255 g/mol. The van der Waals surface area contributed by atoms with E-state index in [0.29, 0.717) is 9.50 Å². The van der Waals surface area contributed by atoms with Crippen molar-refractivity contribution in [3.63, 3.8) is 0 Å². The molecule has 0 amide bonds. The molecule has 13 heavy (non-hydrogen) atoms. The molecule has 4 heteroatoms. The quantitative estimate of drug-likeness (QED) is 0.436. The fourth-order valence-electron chi connectivity index (χ4n) is 0.843. The van der Waals surface area contributed by atoms with Gasteiger partial charge in [0.15, 0.2) is 0 Å². The second-order valence-electron chi connectivity index (χ2n) is 2.53. The first kappa shape index (κ1) is 13.0. The third-order valence-corrected chi connectivity index (χ3v) is 3.93. The van der Waals surface area contributed by atoms with Crippen molar-refractivity contribution < 1.29 is 9.53 Å². The molecule has 0 aliphatic carbocycles. The molecule has 0 saturated heterocycles. The van der Waals surface area contributed by atoms with Gasteiger partial charge in [0.1, 0.15) is 0 Å². The van der Waals surface area contributed by atoms with E-state index in [2.05, 4.69) is 11.7 Å². The number of unbranched alkanes of at least 4 members (excludes halogenated alkanes) is 1. The third-order valence-electron chi connectivity index (χ3n) is 1.57. The first-order chi connectivity index (χ1) is 6.17. The molecule has 0 spiro atoms. The Morgan fingerprint density at radius 3 is 2.54 bits per heavy atom. The molecule has 0 aliphatic heterocycles. The van der Waals surface area contributed by atoms with Crippen LogP contribution in [-0.4, -0.2) is 28.0 Å². The standard InChI is InChI=1S/C9H15ClO2Se/c1-4-5-6-7(10)8(13-3)9(11)12-2/h4-6H2,1-3H3/b8-7-.